The molecule has 2 rings (SSSR count). The quantitative estimate of drug-likeness (QED) is 0.633. The van der Waals surface area contributed by atoms with E-state index in [1.165, 1.54) is 18.2 Å². The summed E-state index contributed by atoms with van der Waals surface area (Å²) in [4.78, 5) is 21.1. The van der Waals surface area contributed by atoms with Crippen LogP contribution in [0.25, 0.3) is 0 Å². The van der Waals surface area contributed by atoms with Crippen molar-refractivity contribution in [3.63, 3.8) is 0 Å². The minimum atomic E-state index is -1.30. The first-order valence-corrected chi connectivity index (χ1v) is 6.32. The molecule has 7 heteroatoms. The van der Waals surface area contributed by atoms with Gasteiger partial charge in [-0.15, -0.1) is 0 Å². The van der Waals surface area contributed by atoms with E-state index < -0.39 is 16.6 Å². The molecule has 0 saturated heterocycles. The number of benzene rings is 1. The fraction of sp³-hybridized carbons (Fsp3) is 0.462. The highest BCUT2D eigenvalue weighted by Crippen LogP contribution is 2.27. The average Bonchev–Trinajstić information content (AvgIpc) is 2.86. The van der Waals surface area contributed by atoms with Gasteiger partial charge in [0, 0.05) is 24.9 Å². The van der Waals surface area contributed by atoms with Crippen molar-refractivity contribution in [2.45, 2.75) is 31.4 Å². The lowest BCUT2D eigenvalue weighted by Crippen LogP contribution is -2.17. The zero-order chi connectivity index (χ0) is 14.7. The number of carboxylic acid groups (broad SMARTS) is 1. The minimum Gasteiger partial charge on any atom is -0.477 e. The topological polar surface area (TPSA) is 102 Å². The van der Waals surface area contributed by atoms with Crippen LogP contribution in [0.5, 0.6) is 0 Å². The molecule has 0 aromatic heterocycles. The number of carboxylic acids is 1. The largest absolute Gasteiger partial charge is 0.477 e. The van der Waals surface area contributed by atoms with Crippen LogP contribution in [0.3, 0.4) is 0 Å². The van der Waals surface area contributed by atoms with E-state index >= 15 is 0 Å². The third-order valence-electron chi connectivity index (χ3n) is 3.51. The Labute approximate surface area is 115 Å². The van der Waals surface area contributed by atoms with Crippen molar-refractivity contribution in [2.24, 2.45) is 0 Å². The molecule has 1 aliphatic rings. The van der Waals surface area contributed by atoms with E-state index in [0.29, 0.717) is 5.69 Å². The summed E-state index contributed by atoms with van der Waals surface area (Å²) in [5, 5.41) is 23.0. The van der Waals surface area contributed by atoms with Gasteiger partial charge in [0.05, 0.1) is 11.0 Å². The number of carbonyl (C=O) groups is 1. The Hall–Kier alpha value is -2.15. The Kier molecular flexibility index (Phi) is 4.19. The third-order valence-corrected chi connectivity index (χ3v) is 3.51. The van der Waals surface area contributed by atoms with Crippen molar-refractivity contribution in [1.29, 1.82) is 0 Å². The van der Waals surface area contributed by atoms with E-state index in [1.54, 1.807) is 7.11 Å². The van der Waals surface area contributed by atoms with E-state index in [4.69, 9.17) is 9.84 Å². The van der Waals surface area contributed by atoms with Crippen molar-refractivity contribution in [3.05, 3.63) is 33.9 Å². The molecule has 1 fully saturated rings. The Bertz CT molecular complexity index is 531. The zero-order valence-electron chi connectivity index (χ0n) is 11.0. The number of hydrogen-bond acceptors (Lipinski definition) is 5. The Morgan fingerprint density at radius 2 is 2.25 bits per heavy atom. The zero-order valence-corrected chi connectivity index (χ0v) is 11.0. The molecule has 20 heavy (non-hydrogen) atoms. The molecule has 0 heterocycles. The predicted molar refractivity (Wildman–Crippen MR) is 72.1 cm³/mol. The number of nitrogens with zero attached hydrogens (tertiary/aromatic N) is 1. The Morgan fingerprint density at radius 1 is 1.50 bits per heavy atom. The molecule has 1 aliphatic carbocycles. The van der Waals surface area contributed by atoms with Crippen LogP contribution in [-0.4, -0.2) is 35.3 Å². The van der Waals surface area contributed by atoms with Crippen LogP contribution in [0.15, 0.2) is 18.2 Å². The highest BCUT2D eigenvalue weighted by atomic mass is 16.6. The molecule has 7 nitrogen and oxygen atoms in total. The van der Waals surface area contributed by atoms with Gasteiger partial charge in [0.2, 0.25) is 0 Å². The molecule has 1 aromatic rings. The van der Waals surface area contributed by atoms with E-state index in [2.05, 4.69) is 5.32 Å². The summed E-state index contributed by atoms with van der Waals surface area (Å²) in [6.45, 7) is 0. The molecule has 0 aliphatic heterocycles. The second-order valence-corrected chi connectivity index (χ2v) is 4.81. The standard InChI is InChI=1S/C13H16N2O5/c1-20-10-4-2-8(6-10)14-9-3-5-12(15(18)19)11(7-9)13(16)17/h3,5,7-8,10,14H,2,4,6H2,1H3,(H,16,17). The number of anilines is 1. The van der Waals surface area contributed by atoms with Crippen molar-refractivity contribution < 1.29 is 19.6 Å². The molecule has 2 atom stereocenters. The van der Waals surface area contributed by atoms with E-state index in [1.807, 2.05) is 0 Å². The first kappa shape index (κ1) is 14.3. The summed E-state index contributed by atoms with van der Waals surface area (Å²) in [7, 11) is 1.67. The van der Waals surface area contributed by atoms with Gasteiger partial charge in [-0.1, -0.05) is 0 Å². The van der Waals surface area contributed by atoms with Gasteiger partial charge < -0.3 is 15.2 Å². The van der Waals surface area contributed by atoms with Crippen LogP contribution in [0.2, 0.25) is 0 Å². The number of aromatic carboxylic acids is 1. The number of nitrogens with one attached hydrogen (secondary N) is 1. The van der Waals surface area contributed by atoms with Crippen LogP contribution in [0.1, 0.15) is 29.6 Å². The van der Waals surface area contributed by atoms with E-state index in [0.717, 1.165) is 19.3 Å². The van der Waals surface area contributed by atoms with Crippen molar-refractivity contribution in [1.82, 2.24) is 0 Å². The molecule has 0 spiro atoms. The van der Waals surface area contributed by atoms with Gasteiger partial charge in [0.25, 0.3) is 5.69 Å². The highest BCUT2D eigenvalue weighted by Gasteiger charge is 2.25. The summed E-state index contributed by atoms with van der Waals surface area (Å²) in [6.07, 6.45) is 2.94. The van der Waals surface area contributed by atoms with Gasteiger partial charge in [-0.3, -0.25) is 10.1 Å². The van der Waals surface area contributed by atoms with Crippen molar-refractivity contribution in [2.75, 3.05) is 12.4 Å². The molecule has 1 aromatic carbocycles. The van der Waals surface area contributed by atoms with Crippen molar-refractivity contribution >= 4 is 17.3 Å². The normalized spacial score (nSPS) is 21.6. The predicted octanol–water partition coefficient (Wildman–Crippen LogP) is 2.27. The fourth-order valence-corrected chi connectivity index (χ4v) is 2.48. The number of ether oxygens (including phenoxy) is 1. The fourth-order valence-electron chi connectivity index (χ4n) is 2.48. The number of rotatable bonds is 5. The third kappa shape index (κ3) is 3.05. The molecule has 1 saturated carbocycles. The van der Waals surface area contributed by atoms with Gasteiger partial charge >= 0.3 is 5.97 Å². The van der Waals surface area contributed by atoms with Gasteiger partial charge in [-0.05, 0) is 31.4 Å². The Morgan fingerprint density at radius 3 is 2.80 bits per heavy atom. The molecular weight excluding hydrogens is 264 g/mol. The summed E-state index contributed by atoms with van der Waals surface area (Å²) in [5.74, 6) is -1.30. The molecule has 0 radical (unpaired) electrons. The number of nitro groups is 1. The number of methoxy groups -OCH3 is 1. The second kappa shape index (κ2) is 5.87. The first-order chi connectivity index (χ1) is 9.51. The maximum Gasteiger partial charge on any atom is 0.342 e. The van der Waals surface area contributed by atoms with Crippen LogP contribution < -0.4 is 5.32 Å². The van der Waals surface area contributed by atoms with Gasteiger partial charge in [-0.2, -0.15) is 0 Å². The molecule has 2 N–H and O–H groups in total. The molecule has 2 unspecified atom stereocenters. The first-order valence-electron chi connectivity index (χ1n) is 6.32. The smallest absolute Gasteiger partial charge is 0.342 e. The molecule has 0 bridgehead atoms. The summed E-state index contributed by atoms with van der Waals surface area (Å²) in [5.41, 5.74) is -0.125. The number of nitro benzene ring substituents is 1. The summed E-state index contributed by atoms with van der Waals surface area (Å²) < 4.78 is 5.27. The number of hydrogen-bond donors (Lipinski definition) is 2. The molecular formula is C13H16N2O5. The van der Waals surface area contributed by atoms with Crippen LogP contribution in [0, 0.1) is 10.1 Å². The lowest BCUT2D eigenvalue weighted by molar-refractivity contribution is -0.385. The lowest BCUT2D eigenvalue weighted by atomic mass is 10.1. The summed E-state index contributed by atoms with van der Waals surface area (Å²) in [6, 6.07) is 4.25. The SMILES string of the molecule is COC1CCC(Nc2ccc([N+](=O)[O-])c(C(=O)O)c2)C1. The maximum absolute atomic E-state index is 11.1. The average molecular weight is 280 g/mol. The monoisotopic (exact) mass is 280 g/mol. The Balaban J connectivity index is 2.15. The maximum atomic E-state index is 11.1. The van der Waals surface area contributed by atoms with E-state index in [-0.39, 0.29) is 17.7 Å². The lowest BCUT2D eigenvalue weighted by Gasteiger charge is -2.14. The minimum absolute atomic E-state index is 0.197. The summed E-state index contributed by atoms with van der Waals surface area (Å²) >= 11 is 0. The molecule has 108 valence electrons. The second-order valence-electron chi connectivity index (χ2n) is 4.81. The van der Waals surface area contributed by atoms with Gasteiger partial charge in [0.1, 0.15) is 5.56 Å². The van der Waals surface area contributed by atoms with Crippen LogP contribution >= 0.6 is 0 Å². The van der Waals surface area contributed by atoms with E-state index in [9.17, 15) is 14.9 Å². The van der Waals surface area contributed by atoms with Crippen LogP contribution in [-0.2, 0) is 4.74 Å². The van der Waals surface area contributed by atoms with Crippen molar-refractivity contribution in [3.8, 4) is 0 Å². The molecule has 0 amide bonds. The van der Waals surface area contributed by atoms with Crippen LogP contribution in [0.4, 0.5) is 11.4 Å². The highest BCUT2D eigenvalue weighted by molar-refractivity contribution is 5.93. The van der Waals surface area contributed by atoms with Gasteiger partial charge in [0.15, 0.2) is 0 Å². The van der Waals surface area contributed by atoms with Gasteiger partial charge in [-0.25, -0.2) is 4.79 Å².